The Kier molecular flexibility index (Phi) is 7.22. The van der Waals surface area contributed by atoms with Crippen molar-refractivity contribution in [3.8, 4) is 11.5 Å². The molecule has 0 spiro atoms. The van der Waals surface area contributed by atoms with Gasteiger partial charge < -0.3 is 28.8 Å². The number of ether oxygens (including phenoxy) is 4. The highest BCUT2D eigenvalue weighted by molar-refractivity contribution is 6.00. The van der Waals surface area contributed by atoms with Crippen LogP contribution >= 0.6 is 0 Å². The van der Waals surface area contributed by atoms with Gasteiger partial charge in [-0.3, -0.25) is 4.79 Å². The van der Waals surface area contributed by atoms with Crippen LogP contribution < -0.4 is 9.47 Å². The number of nitrogens with one attached hydrogen (secondary N) is 1. The fourth-order valence-corrected chi connectivity index (χ4v) is 4.14. The van der Waals surface area contributed by atoms with E-state index in [2.05, 4.69) is 4.98 Å². The Morgan fingerprint density at radius 1 is 1.13 bits per heavy atom. The van der Waals surface area contributed by atoms with Gasteiger partial charge in [-0.2, -0.15) is 0 Å². The number of benzene rings is 1. The zero-order valence-electron chi connectivity index (χ0n) is 18.7. The Bertz CT molecular complexity index is 952. The van der Waals surface area contributed by atoms with Crippen LogP contribution in [0.2, 0.25) is 0 Å². The van der Waals surface area contributed by atoms with Crippen molar-refractivity contribution in [2.24, 2.45) is 0 Å². The van der Waals surface area contributed by atoms with E-state index in [9.17, 15) is 9.59 Å². The fourth-order valence-electron chi connectivity index (χ4n) is 4.14. The first-order valence-corrected chi connectivity index (χ1v) is 10.3. The predicted molar refractivity (Wildman–Crippen MR) is 115 cm³/mol. The van der Waals surface area contributed by atoms with Crippen LogP contribution in [0.25, 0.3) is 0 Å². The van der Waals surface area contributed by atoms with Crippen molar-refractivity contribution in [1.29, 1.82) is 0 Å². The third kappa shape index (κ3) is 4.54. The summed E-state index contributed by atoms with van der Waals surface area (Å²) in [5, 5.41) is 0. The van der Waals surface area contributed by atoms with Crippen LogP contribution in [0.4, 0.5) is 0 Å². The molecule has 1 atom stereocenters. The van der Waals surface area contributed by atoms with E-state index in [-0.39, 0.29) is 18.6 Å². The number of hydrogen-bond acceptors (Lipinski definition) is 6. The highest BCUT2D eigenvalue weighted by Gasteiger charge is 2.35. The molecule has 168 valence electrons. The van der Waals surface area contributed by atoms with Gasteiger partial charge in [-0.05, 0) is 50.5 Å². The second-order valence-corrected chi connectivity index (χ2v) is 7.52. The Labute approximate surface area is 182 Å². The third-order valence-corrected chi connectivity index (χ3v) is 5.69. The van der Waals surface area contributed by atoms with Crippen molar-refractivity contribution >= 4 is 11.9 Å². The lowest BCUT2D eigenvalue weighted by molar-refractivity contribution is 0.0387. The SMILES string of the molecule is COCCOC(=O)c1c(C)[nH]c(C(=O)N2CCCC2c2cc(OC)ccc2OC)c1C. The molecule has 2 aromatic rings. The van der Waals surface area contributed by atoms with E-state index in [4.69, 9.17) is 18.9 Å². The average molecular weight is 431 g/mol. The summed E-state index contributed by atoms with van der Waals surface area (Å²) in [5.74, 6) is 0.814. The van der Waals surface area contributed by atoms with E-state index in [1.165, 1.54) is 0 Å². The van der Waals surface area contributed by atoms with Crippen LogP contribution in [0.1, 0.15) is 56.6 Å². The lowest BCUT2D eigenvalue weighted by atomic mass is 10.0. The standard InChI is InChI=1S/C23H30N2O6/c1-14-20(23(27)31-12-11-28-3)15(2)24-21(14)22(26)25-10-6-7-18(25)17-13-16(29-4)8-9-19(17)30-5/h8-9,13,18,24H,6-7,10-12H2,1-5H3. The molecule has 1 fully saturated rings. The van der Waals surface area contributed by atoms with Crippen LogP contribution in [-0.4, -0.2) is 62.8 Å². The second-order valence-electron chi connectivity index (χ2n) is 7.52. The quantitative estimate of drug-likeness (QED) is 0.510. The summed E-state index contributed by atoms with van der Waals surface area (Å²) in [6.07, 6.45) is 1.70. The molecule has 1 aliphatic heterocycles. The van der Waals surface area contributed by atoms with E-state index in [0.717, 1.165) is 18.4 Å². The van der Waals surface area contributed by atoms with Gasteiger partial charge >= 0.3 is 5.97 Å². The maximum Gasteiger partial charge on any atom is 0.340 e. The predicted octanol–water partition coefficient (Wildman–Crippen LogP) is 3.43. The molecule has 2 heterocycles. The number of esters is 1. The van der Waals surface area contributed by atoms with Gasteiger partial charge in [0.25, 0.3) is 5.91 Å². The highest BCUT2D eigenvalue weighted by atomic mass is 16.6. The molecule has 8 heteroatoms. The number of methoxy groups -OCH3 is 3. The maximum absolute atomic E-state index is 13.5. The number of aryl methyl sites for hydroxylation is 1. The molecule has 0 bridgehead atoms. The van der Waals surface area contributed by atoms with Gasteiger partial charge in [-0.1, -0.05) is 0 Å². The minimum atomic E-state index is -0.463. The molecule has 0 radical (unpaired) electrons. The number of H-pyrrole nitrogens is 1. The largest absolute Gasteiger partial charge is 0.497 e. The monoisotopic (exact) mass is 430 g/mol. The fraction of sp³-hybridized carbons (Fsp3) is 0.478. The van der Waals surface area contributed by atoms with Crippen molar-refractivity contribution in [3.05, 3.63) is 46.3 Å². The number of carbonyl (C=O) groups excluding carboxylic acids is 2. The molecule has 1 aromatic heterocycles. The van der Waals surface area contributed by atoms with Gasteiger partial charge in [0.15, 0.2) is 0 Å². The molecule has 1 aliphatic rings. The number of nitrogens with zero attached hydrogens (tertiary/aromatic N) is 1. The smallest absolute Gasteiger partial charge is 0.340 e. The molecule has 0 saturated carbocycles. The minimum Gasteiger partial charge on any atom is -0.497 e. The number of aromatic nitrogens is 1. The van der Waals surface area contributed by atoms with Crippen molar-refractivity contribution < 1.29 is 28.5 Å². The molecule has 1 saturated heterocycles. The minimum absolute atomic E-state index is 0.141. The van der Waals surface area contributed by atoms with Crippen LogP contribution in [0.5, 0.6) is 11.5 Å². The lowest BCUT2D eigenvalue weighted by Crippen LogP contribution is -2.31. The van der Waals surface area contributed by atoms with Crippen molar-refractivity contribution in [3.63, 3.8) is 0 Å². The Hall–Kier alpha value is -3.00. The van der Waals surface area contributed by atoms with E-state index >= 15 is 0 Å². The second kappa shape index (κ2) is 9.87. The number of rotatable bonds is 8. The molecule has 1 amide bonds. The molecular weight excluding hydrogens is 400 g/mol. The molecule has 1 N–H and O–H groups in total. The van der Waals surface area contributed by atoms with Crippen LogP contribution in [0.15, 0.2) is 18.2 Å². The third-order valence-electron chi connectivity index (χ3n) is 5.69. The Morgan fingerprint density at radius 3 is 2.58 bits per heavy atom. The summed E-state index contributed by atoms with van der Waals surface area (Å²) in [6, 6.07) is 5.47. The molecular formula is C23H30N2O6. The number of carbonyl (C=O) groups is 2. The van der Waals surface area contributed by atoms with E-state index in [1.54, 1.807) is 35.2 Å². The van der Waals surface area contributed by atoms with Gasteiger partial charge in [0.2, 0.25) is 0 Å². The summed E-state index contributed by atoms with van der Waals surface area (Å²) in [6.45, 7) is 4.63. The van der Waals surface area contributed by atoms with Gasteiger partial charge in [0.1, 0.15) is 23.8 Å². The van der Waals surface area contributed by atoms with Crippen molar-refractivity contribution in [2.45, 2.75) is 32.7 Å². The molecule has 31 heavy (non-hydrogen) atoms. The van der Waals surface area contributed by atoms with Crippen molar-refractivity contribution in [2.75, 3.05) is 41.1 Å². The van der Waals surface area contributed by atoms with E-state index in [0.29, 0.717) is 47.2 Å². The maximum atomic E-state index is 13.5. The first kappa shape index (κ1) is 22.7. The van der Waals surface area contributed by atoms with Crippen LogP contribution in [-0.2, 0) is 9.47 Å². The zero-order valence-corrected chi connectivity index (χ0v) is 18.7. The summed E-state index contributed by atoms with van der Waals surface area (Å²) < 4.78 is 21.1. The topological polar surface area (TPSA) is 90.1 Å². The molecule has 8 nitrogen and oxygen atoms in total. The molecule has 3 rings (SSSR count). The van der Waals surface area contributed by atoms with Crippen LogP contribution in [0, 0.1) is 13.8 Å². The number of aromatic amines is 1. The Balaban J connectivity index is 1.89. The van der Waals surface area contributed by atoms with Gasteiger partial charge in [-0.25, -0.2) is 4.79 Å². The summed E-state index contributed by atoms with van der Waals surface area (Å²) in [7, 11) is 4.77. The highest BCUT2D eigenvalue weighted by Crippen LogP contribution is 2.40. The zero-order chi connectivity index (χ0) is 22.5. The molecule has 0 aliphatic carbocycles. The number of likely N-dealkylation sites (tertiary alicyclic amines) is 1. The first-order chi connectivity index (χ1) is 14.9. The summed E-state index contributed by atoms with van der Waals surface area (Å²) in [5.41, 5.74) is 2.91. The van der Waals surface area contributed by atoms with Crippen molar-refractivity contribution in [1.82, 2.24) is 9.88 Å². The van der Waals surface area contributed by atoms with Gasteiger partial charge in [0, 0.05) is 24.9 Å². The van der Waals surface area contributed by atoms with Gasteiger partial charge in [0.05, 0.1) is 32.4 Å². The Morgan fingerprint density at radius 2 is 1.90 bits per heavy atom. The van der Waals surface area contributed by atoms with Crippen LogP contribution in [0.3, 0.4) is 0 Å². The molecule has 1 unspecified atom stereocenters. The molecule has 1 aromatic carbocycles. The number of hydrogen-bond donors (Lipinski definition) is 1. The number of amides is 1. The van der Waals surface area contributed by atoms with E-state index in [1.807, 2.05) is 23.1 Å². The van der Waals surface area contributed by atoms with Gasteiger partial charge in [-0.15, -0.1) is 0 Å². The first-order valence-electron chi connectivity index (χ1n) is 10.3. The normalized spacial score (nSPS) is 15.8. The summed E-state index contributed by atoms with van der Waals surface area (Å²) >= 11 is 0. The average Bonchev–Trinajstić information content (AvgIpc) is 3.37. The summed E-state index contributed by atoms with van der Waals surface area (Å²) in [4.78, 5) is 30.9. The van der Waals surface area contributed by atoms with E-state index < -0.39 is 5.97 Å². The lowest BCUT2D eigenvalue weighted by Gasteiger charge is -2.26.